The third kappa shape index (κ3) is 7.86. The first kappa shape index (κ1) is 28.2. The van der Waals surface area contributed by atoms with Crippen molar-refractivity contribution in [3.05, 3.63) is 90.0 Å². The molecule has 0 aromatic heterocycles. The number of alkyl halides is 3. The van der Waals surface area contributed by atoms with Gasteiger partial charge in [-0.05, 0) is 55.7 Å². The van der Waals surface area contributed by atoms with Crippen LogP contribution in [0.2, 0.25) is 0 Å². The van der Waals surface area contributed by atoms with Gasteiger partial charge >= 0.3 is 6.18 Å². The third-order valence-electron chi connectivity index (χ3n) is 5.93. The van der Waals surface area contributed by atoms with Crippen molar-refractivity contribution < 1.29 is 27.5 Å². The van der Waals surface area contributed by atoms with Crippen LogP contribution in [0.1, 0.15) is 30.9 Å². The maximum Gasteiger partial charge on any atom is 0.416 e. The van der Waals surface area contributed by atoms with Gasteiger partial charge in [0.2, 0.25) is 11.8 Å². The summed E-state index contributed by atoms with van der Waals surface area (Å²) in [7, 11) is 0. The van der Waals surface area contributed by atoms with Crippen molar-refractivity contribution in [2.45, 2.75) is 37.6 Å². The number of anilines is 1. The van der Waals surface area contributed by atoms with E-state index < -0.39 is 22.9 Å². The molecule has 3 aromatic carbocycles. The Labute approximate surface area is 229 Å². The van der Waals surface area contributed by atoms with Crippen LogP contribution in [-0.2, 0) is 22.2 Å². The normalized spacial score (nSPS) is 16.8. The van der Waals surface area contributed by atoms with Crippen LogP contribution >= 0.6 is 11.8 Å². The predicted molar refractivity (Wildman–Crippen MR) is 147 cm³/mol. The molecule has 3 aromatic rings. The monoisotopic (exact) mass is 555 g/mol. The second-order valence-electron chi connectivity index (χ2n) is 8.84. The van der Waals surface area contributed by atoms with Crippen LogP contribution in [0, 0.1) is 0 Å². The summed E-state index contributed by atoms with van der Waals surface area (Å²) in [4.78, 5) is 32.2. The molecular weight excluding hydrogens is 527 g/mol. The summed E-state index contributed by atoms with van der Waals surface area (Å²) in [5.74, 6) is -0.113. The highest BCUT2D eigenvalue weighted by Gasteiger charge is 2.36. The summed E-state index contributed by atoms with van der Waals surface area (Å²) in [5.41, 5.74) is 0.840. The molecule has 1 unspecified atom stereocenters. The van der Waals surface area contributed by atoms with E-state index in [1.54, 1.807) is 24.3 Å². The summed E-state index contributed by atoms with van der Waals surface area (Å²) in [6.45, 7) is 2.65. The molecule has 6 nitrogen and oxygen atoms in total. The van der Waals surface area contributed by atoms with Gasteiger partial charge in [0.25, 0.3) is 0 Å². The van der Waals surface area contributed by atoms with Gasteiger partial charge in [0.1, 0.15) is 11.0 Å². The summed E-state index contributed by atoms with van der Waals surface area (Å²) in [5, 5.41) is 2.20. The van der Waals surface area contributed by atoms with E-state index in [4.69, 9.17) is 4.74 Å². The van der Waals surface area contributed by atoms with Crippen LogP contribution in [0.4, 0.5) is 24.5 Å². The number of benzene rings is 3. The van der Waals surface area contributed by atoms with Crippen LogP contribution in [-0.4, -0.2) is 40.3 Å². The zero-order valence-corrected chi connectivity index (χ0v) is 22.1. The van der Waals surface area contributed by atoms with Gasteiger partial charge in [-0.2, -0.15) is 13.2 Å². The Morgan fingerprint density at radius 1 is 1.08 bits per heavy atom. The molecule has 0 spiro atoms. The van der Waals surface area contributed by atoms with Crippen LogP contribution in [0.3, 0.4) is 0 Å². The lowest BCUT2D eigenvalue weighted by Crippen LogP contribution is -2.45. The zero-order valence-electron chi connectivity index (χ0n) is 21.3. The number of carbonyl (C=O) groups excluding carboxylic acids is 2. The third-order valence-corrected chi connectivity index (χ3v) is 7.12. The zero-order chi connectivity index (χ0) is 27.8. The molecule has 4 rings (SSSR count). The second kappa shape index (κ2) is 12.8. The Bertz CT molecular complexity index is 1330. The van der Waals surface area contributed by atoms with E-state index in [0.29, 0.717) is 37.4 Å². The van der Waals surface area contributed by atoms with Gasteiger partial charge < -0.3 is 10.1 Å². The summed E-state index contributed by atoms with van der Waals surface area (Å²) in [6.07, 6.45) is -3.25. The molecule has 0 bridgehead atoms. The van der Waals surface area contributed by atoms with Gasteiger partial charge in [-0.15, -0.1) is 0 Å². The molecule has 1 atom stereocenters. The lowest BCUT2D eigenvalue weighted by atomic mass is 10.1. The number of amides is 2. The second-order valence-corrected chi connectivity index (χ2v) is 10.0. The Morgan fingerprint density at radius 2 is 1.85 bits per heavy atom. The van der Waals surface area contributed by atoms with Crippen LogP contribution in [0.15, 0.2) is 83.9 Å². The Balaban J connectivity index is 1.55. The number of halogens is 3. The number of ether oxygens (including phenoxy) is 1. The number of aryl methyl sites for hydroxylation is 1. The SMILES string of the molecule is CCOc1cccc(NC(=O)C2CC(=O)N(CCCc3ccccc3)C(=Nc3cccc(C(F)(F)F)c3)S2)c1. The Morgan fingerprint density at radius 3 is 2.59 bits per heavy atom. The molecule has 1 aliphatic heterocycles. The first-order chi connectivity index (χ1) is 18.7. The average Bonchev–Trinajstić information content (AvgIpc) is 2.91. The Kier molecular flexibility index (Phi) is 9.29. The minimum absolute atomic E-state index is 0.0543. The van der Waals surface area contributed by atoms with Gasteiger partial charge in [-0.25, -0.2) is 4.99 Å². The van der Waals surface area contributed by atoms with Gasteiger partial charge in [-0.3, -0.25) is 14.5 Å². The molecule has 204 valence electrons. The minimum Gasteiger partial charge on any atom is -0.494 e. The highest BCUT2D eigenvalue weighted by atomic mass is 32.2. The maximum atomic E-state index is 13.3. The van der Waals surface area contributed by atoms with Gasteiger partial charge in [0.05, 0.1) is 17.9 Å². The fourth-order valence-electron chi connectivity index (χ4n) is 4.06. The number of aliphatic imine (C=N–C) groups is 1. The molecule has 1 saturated heterocycles. The number of thioether (sulfide) groups is 1. The standard InChI is InChI=1S/C29H28F3N3O3S/c1-2-38-24-15-7-14-23(18-24)33-27(37)25-19-26(36)35(16-8-11-20-9-4-3-5-10-20)28(39-25)34-22-13-6-12-21(17-22)29(30,31)32/h3-7,9-10,12-15,17-18,25H,2,8,11,16,19H2,1H3,(H,33,37). The van der Waals surface area contributed by atoms with Crippen LogP contribution in [0.5, 0.6) is 5.75 Å². The largest absolute Gasteiger partial charge is 0.494 e. The van der Waals surface area contributed by atoms with Crippen LogP contribution in [0.25, 0.3) is 0 Å². The highest BCUT2D eigenvalue weighted by molar-refractivity contribution is 8.15. The fourth-order valence-corrected chi connectivity index (χ4v) is 5.19. The minimum atomic E-state index is -4.53. The Hall–Kier alpha value is -3.79. The average molecular weight is 556 g/mol. The number of carbonyl (C=O) groups is 2. The fraction of sp³-hybridized carbons (Fsp3) is 0.276. The van der Waals surface area contributed by atoms with Crippen molar-refractivity contribution in [1.82, 2.24) is 4.90 Å². The first-order valence-electron chi connectivity index (χ1n) is 12.5. The van der Waals surface area contributed by atoms with Gasteiger partial charge in [0.15, 0.2) is 5.17 Å². The molecule has 10 heteroatoms. The maximum absolute atomic E-state index is 13.3. The van der Waals surface area contributed by atoms with Crippen molar-refractivity contribution in [2.24, 2.45) is 4.99 Å². The van der Waals surface area contributed by atoms with E-state index in [2.05, 4.69) is 10.3 Å². The lowest BCUT2D eigenvalue weighted by molar-refractivity contribution is -0.137. The van der Waals surface area contributed by atoms with Crippen molar-refractivity contribution in [1.29, 1.82) is 0 Å². The van der Waals surface area contributed by atoms with E-state index in [1.165, 1.54) is 17.0 Å². The summed E-state index contributed by atoms with van der Waals surface area (Å²) in [6, 6.07) is 21.3. The predicted octanol–water partition coefficient (Wildman–Crippen LogP) is 6.70. The molecule has 0 aliphatic carbocycles. The molecule has 0 radical (unpaired) electrons. The van der Waals surface area contributed by atoms with Gasteiger partial charge in [0, 0.05) is 24.7 Å². The quantitative estimate of drug-likeness (QED) is 0.319. The number of rotatable bonds is 9. The molecule has 1 heterocycles. The molecule has 0 saturated carbocycles. The van der Waals surface area contributed by atoms with E-state index in [0.717, 1.165) is 29.5 Å². The molecular formula is C29H28F3N3O3S. The molecule has 1 fully saturated rings. The van der Waals surface area contributed by atoms with Crippen molar-refractivity contribution in [2.75, 3.05) is 18.5 Å². The lowest BCUT2D eigenvalue weighted by Gasteiger charge is -2.32. The number of hydrogen-bond donors (Lipinski definition) is 1. The number of hydrogen-bond acceptors (Lipinski definition) is 5. The van der Waals surface area contributed by atoms with E-state index in [-0.39, 0.29) is 23.2 Å². The first-order valence-corrected chi connectivity index (χ1v) is 13.4. The van der Waals surface area contributed by atoms with E-state index in [9.17, 15) is 22.8 Å². The smallest absolute Gasteiger partial charge is 0.416 e. The van der Waals surface area contributed by atoms with Crippen molar-refractivity contribution in [3.63, 3.8) is 0 Å². The summed E-state index contributed by atoms with van der Waals surface area (Å²) < 4.78 is 45.3. The highest BCUT2D eigenvalue weighted by Crippen LogP contribution is 2.34. The van der Waals surface area contributed by atoms with Crippen molar-refractivity contribution in [3.8, 4) is 5.75 Å². The molecule has 39 heavy (non-hydrogen) atoms. The molecule has 1 aliphatic rings. The summed E-state index contributed by atoms with van der Waals surface area (Å²) >= 11 is 1.07. The molecule has 2 amide bonds. The topological polar surface area (TPSA) is 71.0 Å². The van der Waals surface area contributed by atoms with Crippen molar-refractivity contribution >= 4 is 40.1 Å². The van der Waals surface area contributed by atoms with Gasteiger partial charge in [-0.1, -0.05) is 54.2 Å². The van der Waals surface area contributed by atoms with E-state index >= 15 is 0 Å². The molecule has 1 N–H and O–H groups in total. The number of amidine groups is 1. The van der Waals surface area contributed by atoms with E-state index in [1.807, 2.05) is 37.3 Å². The number of nitrogens with zero attached hydrogens (tertiary/aromatic N) is 2. The number of nitrogens with one attached hydrogen (secondary N) is 1. The van der Waals surface area contributed by atoms with Crippen LogP contribution < -0.4 is 10.1 Å².